The van der Waals surface area contributed by atoms with Gasteiger partial charge in [-0.25, -0.2) is 4.39 Å². The van der Waals surface area contributed by atoms with Crippen molar-refractivity contribution in [3.63, 3.8) is 0 Å². The fourth-order valence-electron chi connectivity index (χ4n) is 3.29. The third-order valence-corrected chi connectivity index (χ3v) is 4.72. The van der Waals surface area contributed by atoms with Crippen LogP contribution in [-0.4, -0.2) is 43.8 Å². The average Bonchev–Trinajstić information content (AvgIpc) is 3.48. The van der Waals surface area contributed by atoms with Gasteiger partial charge in [-0.1, -0.05) is 32.6 Å². The number of alkyl halides is 1. The van der Waals surface area contributed by atoms with E-state index in [2.05, 4.69) is 23.2 Å². The number of allylic oxidation sites excluding steroid dienone is 5. The zero-order valence-electron chi connectivity index (χ0n) is 17.5. The van der Waals surface area contributed by atoms with Crippen LogP contribution < -0.4 is 0 Å². The Morgan fingerprint density at radius 1 is 1.38 bits per heavy atom. The summed E-state index contributed by atoms with van der Waals surface area (Å²) in [5.41, 5.74) is 4.42. The first-order chi connectivity index (χ1) is 14.0. The number of ketones is 1. The number of Topliss-reactive ketones (excluding diaryl/α,β-unsaturated/α-hetero) is 1. The number of nitrogens with zero attached hydrogens (tertiary/aromatic N) is 2. The third-order valence-electron chi connectivity index (χ3n) is 4.72. The van der Waals surface area contributed by atoms with Gasteiger partial charge in [0.2, 0.25) is 0 Å². The fourth-order valence-corrected chi connectivity index (χ4v) is 3.29. The van der Waals surface area contributed by atoms with Crippen molar-refractivity contribution in [1.29, 1.82) is 0 Å². The van der Waals surface area contributed by atoms with Gasteiger partial charge in [-0.3, -0.25) is 9.79 Å². The van der Waals surface area contributed by atoms with Crippen molar-refractivity contribution >= 4 is 12.5 Å². The van der Waals surface area contributed by atoms with Crippen molar-refractivity contribution in [3.05, 3.63) is 71.3 Å². The number of carbonyl (C=O) groups excluding carboxylic acids is 1. The summed E-state index contributed by atoms with van der Waals surface area (Å²) < 4.78 is 17.7. The third kappa shape index (κ3) is 6.41. The molecule has 4 nitrogen and oxygen atoms in total. The standard InChI is InChI=1S/C24H31FN2O2/c1-5-8-20(29-16-13-25)9-6-7-15-27-17-22(24(28)18(2)3)21(12-14-26-4)23(27)19-10-11-19/h5-6,8-9,12,14,18H,1,4,7,10-11,13,15-17H2,2-3H3/b9-6-,14-12-,20-8+. The highest BCUT2D eigenvalue weighted by atomic mass is 19.1. The maximum atomic E-state index is 12.8. The Kier molecular flexibility index (Phi) is 8.84. The van der Waals surface area contributed by atoms with Gasteiger partial charge < -0.3 is 9.64 Å². The monoisotopic (exact) mass is 398 g/mol. The van der Waals surface area contributed by atoms with E-state index in [4.69, 9.17) is 4.74 Å². The highest BCUT2D eigenvalue weighted by Gasteiger charge is 2.34. The summed E-state index contributed by atoms with van der Waals surface area (Å²) in [7, 11) is 0. The molecule has 0 atom stereocenters. The molecule has 1 aliphatic carbocycles. The van der Waals surface area contributed by atoms with Gasteiger partial charge in [0.15, 0.2) is 5.78 Å². The lowest BCUT2D eigenvalue weighted by atomic mass is 9.97. The summed E-state index contributed by atoms with van der Waals surface area (Å²) in [6.45, 7) is 11.9. The van der Waals surface area contributed by atoms with E-state index in [-0.39, 0.29) is 18.3 Å². The van der Waals surface area contributed by atoms with Crippen molar-refractivity contribution in [1.82, 2.24) is 4.90 Å². The van der Waals surface area contributed by atoms with E-state index in [0.29, 0.717) is 12.3 Å². The molecule has 2 rings (SSSR count). The fraction of sp³-hybridized carbons (Fsp3) is 0.417. The molecule has 0 aromatic carbocycles. The van der Waals surface area contributed by atoms with Crippen molar-refractivity contribution in [2.45, 2.75) is 33.1 Å². The molecule has 0 N–H and O–H groups in total. The number of hydrogen-bond donors (Lipinski definition) is 0. The molecule has 0 spiro atoms. The van der Waals surface area contributed by atoms with Crippen molar-refractivity contribution < 1.29 is 13.9 Å². The molecule has 1 saturated carbocycles. The van der Waals surface area contributed by atoms with Crippen LogP contribution in [0.15, 0.2) is 76.3 Å². The van der Waals surface area contributed by atoms with Crippen LogP contribution in [0, 0.1) is 5.92 Å². The van der Waals surface area contributed by atoms with Gasteiger partial charge in [0.25, 0.3) is 0 Å². The Morgan fingerprint density at radius 3 is 2.72 bits per heavy atom. The summed E-state index contributed by atoms with van der Waals surface area (Å²) in [6.07, 6.45) is 13.7. The molecular weight excluding hydrogens is 367 g/mol. The quantitative estimate of drug-likeness (QED) is 0.261. The van der Waals surface area contributed by atoms with Crippen LogP contribution in [0.4, 0.5) is 4.39 Å². The predicted molar refractivity (Wildman–Crippen MR) is 117 cm³/mol. The molecule has 1 fully saturated rings. The zero-order valence-corrected chi connectivity index (χ0v) is 17.5. The number of ether oxygens (including phenoxy) is 1. The van der Waals surface area contributed by atoms with Crippen LogP contribution in [0.2, 0.25) is 0 Å². The molecule has 0 radical (unpaired) electrons. The lowest BCUT2D eigenvalue weighted by Gasteiger charge is -2.21. The SMILES string of the molecule is C=C/C=C(\C=C/CCN1CC(C(=O)C(C)C)=C(/C=C\N=C)C1=C1CC1)OCCF. The van der Waals surface area contributed by atoms with Gasteiger partial charge in [0.1, 0.15) is 19.0 Å². The number of hydrogen-bond acceptors (Lipinski definition) is 4. The molecular formula is C24H31FN2O2. The average molecular weight is 399 g/mol. The lowest BCUT2D eigenvalue weighted by molar-refractivity contribution is -0.118. The number of aliphatic imine (C=N–C) groups is 1. The molecule has 5 heteroatoms. The topological polar surface area (TPSA) is 41.9 Å². The number of carbonyl (C=O) groups is 1. The molecule has 0 amide bonds. The zero-order chi connectivity index (χ0) is 21.2. The van der Waals surface area contributed by atoms with Crippen molar-refractivity contribution in [2.24, 2.45) is 10.9 Å². The Morgan fingerprint density at radius 2 is 2.14 bits per heavy atom. The Balaban J connectivity index is 2.13. The van der Waals surface area contributed by atoms with E-state index in [1.54, 1.807) is 18.4 Å². The smallest absolute Gasteiger partial charge is 0.163 e. The molecule has 1 aliphatic heterocycles. The molecule has 0 bridgehead atoms. The second kappa shape index (κ2) is 11.3. The highest BCUT2D eigenvalue weighted by molar-refractivity contribution is 6.00. The minimum atomic E-state index is -0.527. The normalized spacial score (nSPS) is 17.2. The first kappa shape index (κ1) is 22.6. The number of rotatable bonds is 12. The van der Waals surface area contributed by atoms with Crippen LogP contribution >= 0.6 is 0 Å². The summed E-state index contributed by atoms with van der Waals surface area (Å²) >= 11 is 0. The summed E-state index contributed by atoms with van der Waals surface area (Å²) in [5, 5.41) is 0. The van der Waals surface area contributed by atoms with Crippen molar-refractivity contribution in [2.75, 3.05) is 26.4 Å². The molecule has 0 aromatic heterocycles. The minimum Gasteiger partial charge on any atom is -0.491 e. The highest BCUT2D eigenvalue weighted by Crippen LogP contribution is 2.42. The van der Waals surface area contributed by atoms with Crippen LogP contribution in [0.1, 0.15) is 33.1 Å². The van der Waals surface area contributed by atoms with Gasteiger partial charge in [0.05, 0.1) is 0 Å². The second-order valence-corrected chi connectivity index (χ2v) is 7.32. The van der Waals surface area contributed by atoms with Crippen LogP contribution in [0.25, 0.3) is 0 Å². The second-order valence-electron chi connectivity index (χ2n) is 7.32. The predicted octanol–water partition coefficient (Wildman–Crippen LogP) is 5.09. The number of halogens is 1. The van der Waals surface area contributed by atoms with Gasteiger partial charge >= 0.3 is 0 Å². The van der Waals surface area contributed by atoms with E-state index < -0.39 is 6.67 Å². The summed E-state index contributed by atoms with van der Waals surface area (Å²) in [6, 6.07) is 0. The molecule has 0 unspecified atom stereocenters. The lowest BCUT2D eigenvalue weighted by Crippen LogP contribution is -2.23. The van der Waals surface area contributed by atoms with E-state index in [1.165, 1.54) is 11.3 Å². The maximum Gasteiger partial charge on any atom is 0.163 e. The van der Waals surface area contributed by atoms with E-state index in [9.17, 15) is 9.18 Å². The van der Waals surface area contributed by atoms with Crippen LogP contribution in [0.3, 0.4) is 0 Å². The van der Waals surface area contributed by atoms with Crippen molar-refractivity contribution in [3.8, 4) is 0 Å². The Labute approximate surface area is 173 Å². The Bertz CT molecular complexity index is 779. The first-order valence-corrected chi connectivity index (χ1v) is 10.1. The van der Waals surface area contributed by atoms with E-state index in [1.807, 2.05) is 32.1 Å². The van der Waals surface area contributed by atoms with Gasteiger partial charge in [-0.2, -0.15) is 0 Å². The molecule has 156 valence electrons. The van der Waals surface area contributed by atoms with Gasteiger partial charge in [0, 0.05) is 42.1 Å². The molecule has 2 aliphatic rings. The van der Waals surface area contributed by atoms with Gasteiger partial charge in [-0.05, 0) is 49.8 Å². The summed E-state index contributed by atoms with van der Waals surface area (Å²) in [5.74, 6) is 0.727. The first-order valence-electron chi connectivity index (χ1n) is 10.1. The molecule has 29 heavy (non-hydrogen) atoms. The minimum absolute atomic E-state index is 0.0318. The van der Waals surface area contributed by atoms with E-state index in [0.717, 1.165) is 37.0 Å². The van der Waals surface area contributed by atoms with Gasteiger partial charge in [-0.15, -0.1) is 0 Å². The van der Waals surface area contributed by atoms with Crippen LogP contribution in [0.5, 0.6) is 0 Å². The Hall–Kier alpha value is -2.69. The summed E-state index contributed by atoms with van der Waals surface area (Å²) in [4.78, 5) is 18.9. The largest absolute Gasteiger partial charge is 0.491 e. The molecule has 0 aromatic rings. The van der Waals surface area contributed by atoms with Crippen LogP contribution in [-0.2, 0) is 9.53 Å². The van der Waals surface area contributed by atoms with E-state index >= 15 is 0 Å². The maximum absolute atomic E-state index is 12.8. The molecule has 0 saturated heterocycles. The molecule has 1 heterocycles.